The molecule has 1 heterocycles. The van der Waals surface area contributed by atoms with Crippen LogP contribution in [0, 0.1) is 11.7 Å². The second kappa shape index (κ2) is 5.82. The molecule has 22 heavy (non-hydrogen) atoms. The molecule has 0 saturated carbocycles. The molecule has 1 aliphatic heterocycles. The van der Waals surface area contributed by atoms with Crippen molar-refractivity contribution in [3.05, 3.63) is 24.0 Å². The zero-order valence-electron chi connectivity index (χ0n) is 11.2. The fourth-order valence-corrected chi connectivity index (χ4v) is 2.16. The molecule has 1 atom stereocenters. The number of anilines is 1. The minimum absolute atomic E-state index is 0.202. The fraction of sp³-hybridized carbons (Fsp3) is 0.385. The number of amides is 2. The molecule has 0 radical (unpaired) electrons. The average molecular weight is 320 g/mol. The second-order valence-corrected chi connectivity index (χ2v) is 4.94. The largest absolute Gasteiger partial charge is 0.506 e. The molecule has 2 N–H and O–H groups in total. The van der Waals surface area contributed by atoms with Gasteiger partial charge in [-0.25, -0.2) is 4.39 Å². The Labute approximate surface area is 122 Å². The lowest BCUT2D eigenvalue weighted by Crippen LogP contribution is -2.36. The van der Waals surface area contributed by atoms with Crippen molar-refractivity contribution >= 4 is 17.5 Å². The Kier molecular flexibility index (Phi) is 4.25. The summed E-state index contributed by atoms with van der Waals surface area (Å²) < 4.78 is 49.9. The van der Waals surface area contributed by atoms with Crippen LogP contribution in [0.4, 0.5) is 23.2 Å². The summed E-state index contributed by atoms with van der Waals surface area (Å²) in [5.41, 5.74) is -0.202. The molecule has 120 valence electrons. The maximum Gasteiger partial charge on any atom is 0.406 e. The van der Waals surface area contributed by atoms with Crippen LogP contribution < -0.4 is 5.32 Å². The number of nitrogens with zero attached hydrogens (tertiary/aromatic N) is 1. The molecule has 1 aliphatic rings. The van der Waals surface area contributed by atoms with Gasteiger partial charge in [-0.3, -0.25) is 9.59 Å². The molecular weight excluding hydrogens is 308 g/mol. The third kappa shape index (κ3) is 3.86. The molecule has 5 nitrogen and oxygen atoms in total. The number of rotatable bonds is 3. The van der Waals surface area contributed by atoms with Crippen LogP contribution in [0.5, 0.6) is 5.75 Å². The van der Waals surface area contributed by atoms with Crippen molar-refractivity contribution in [1.29, 1.82) is 0 Å². The third-order valence-corrected chi connectivity index (χ3v) is 3.17. The minimum atomic E-state index is -4.54. The van der Waals surface area contributed by atoms with Crippen molar-refractivity contribution in [2.24, 2.45) is 5.92 Å². The number of benzene rings is 1. The number of halogens is 4. The van der Waals surface area contributed by atoms with E-state index in [-0.39, 0.29) is 24.4 Å². The Morgan fingerprint density at radius 2 is 2.09 bits per heavy atom. The fourth-order valence-electron chi connectivity index (χ4n) is 2.16. The first-order chi connectivity index (χ1) is 10.2. The first-order valence-corrected chi connectivity index (χ1v) is 6.29. The third-order valence-electron chi connectivity index (χ3n) is 3.17. The van der Waals surface area contributed by atoms with E-state index in [2.05, 4.69) is 5.32 Å². The normalized spacial score (nSPS) is 18.6. The van der Waals surface area contributed by atoms with Crippen molar-refractivity contribution in [2.75, 3.05) is 18.4 Å². The predicted molar refractivity (Wildman–Crippen MR) is 67.4 cm³/mol. The molecule has 0 bridgehead atoms. The highest BCUT2D eigenvalue weighted by molar-refractivity contribution is 5.98. The van der Waals surface area contributed by atoms with Crippen molar-refractivity contribution in [1.82, 2.24) is 4.90 Å². The Morgan fingerprint density at radius 1 is 1.41 bits per heavy atom. The van der Waals surface area contributed by atoms with Crippen LogP contribution in [0.15, 0.2) is 18.2 Å². The summed E-state index contributed by atoms with van der Waals surface area (Å²) >= 11 is 0. The van der Waals surface area contributed by atoms with E-state index in [1.54, 1.807) is 0 Å². The van der Waals surface area contributed by atoms with Gasteiger partial charge in [0.05, 0.1) is 11.6 Å². The summed E-state index contributed by atoms with van der Waals surface area (Å²) in [6.07, 6.45) is -4.90. The highest BCUT2D eigenvalue weighted by Crippen LogP contribution is 2.27. The first-order valence-electron chi connectivity index (χ1n) is 6.29. The minimum Gasteiger partial charge on any atom is -0.506 e. The van der Waals surface area contributed by atoms with E-state index >= 15 is 0 Å². The molecule has 1 aromatic carbocycles. The lowest BCUT2D eigenvalue weighted by molar-refractivity contribution is -0.157. The van der Waals surface area contributed by atoms with Crippen LogP contribution in [-0.4, -0.2) is 41.1 Å². The Bertz CT molecular complexity index is 603. The summed E-state index contributed by atoms with van der Waals surface area (Å²) in [6, 6.07) is 2.88. The molecule has 2 rings (SSSR count). The van der Waals surface area contributed by atoms with Crippen molar-refractivity contribution in [3.8, 4) is 5.75 Å². The van der Waals surface area contributed by atoms with E-state index in [0.29, 0.717) is 4.90 Å². The summed E-state index contributed by atoms with van der Waals surface area (Å²) in [4.78, 5) is 24.0. The molecular formula is C13H12F4N2O3. The topological polar surface area (TPSA) is 69.6 Å². The van der Waals surface area contributed by atoms with E-state index in [1.165, 1.54) is 0 Å². The maximum atomic E-state index is 13.0. The van der Waals surface area contributed by atoms with Gasteiger partial charge in [-0.15, -0.1) is 0 Å². The zero-order chi connectivity index (χ0) is 16.5. The number of nitrogens with one attached hydrogen (secondary N) is 1. The Hall–Kier alpha value is -2.32. The van der Waals surface area contributed by atoms with Crippen LogP contribution in [0.1, 0.15) is 6.42 Å². The summed E-state index contributed by atoms with van der Waals surface area (Å²) in [5.74, 6) is -3.60. The van der Waals surface area contributed by atoms with Crippen molar-refractivity contribution in [3.63, 3.8) is 0 Å². The molecule has 0 spiro atoms. The van der Waals surface area contributed by atoms with E-state index in [0.717, 1.165) is 18.2 Å². The van der Waals surface area contributed by atoms with Crippen molar-refractivity contribution < 1.29 is 32.3 Å². The number of phenols is 1. The maximum absolute atomic E-state index is 13.0. The van der Waals surface area contributed by atoms with Crippen LogP contribution in [-0.2, 0) is 9.59 Å². The molecule has 0 aliphatic carbocycles. The van der Waals surface area contributed by atoms with Gasteiger partial charge < -0.3 is 15.3 Å². The quantitative estimate of drug-likeness (QED) is 0.660. The molecule has 2 amide bonds. The van der Waals surface area contributed by atoms with E-state index in [1.807, 2.05) is 0 Å². The van der Waals surface area contributed by atoms with Gasteiger partial charge in [-0.1, -0.05) is 0 Å². The molecule has 1 unspecified atom stereocenters. The Morgan fingerprint density at radius 3 is 2.73 bits per heavy atom. The van der Waals surface area contributed by atoms with Gasteiger partial charge in [0, 0.05) is 19.0 Å². The predicted octanol–water partition coefficient (Wildman–Crippen LogP) is 1.88. The SMILES string of the molecule is O=C(Nc1cc(F)ccc1O)C1CC(=O)N(CC(F)(F)F)C1. The molecule has 1 saturated heterocycles. The first kappa shape index (κ1) is 16.1. The van der Waals surface area contributed by atoms with Gasteiger partial charge in [0.2, 0.25) is 11.8 Å². The molecule has 9 heteroatoms. The number of aromatic hydroxyl groups is 1. The van der Waals surface area contributed by atoms with Crippen molar-refractivity contribution in [2.45, 2.75) is 12.6 Å². The summed E-state index contributed by atoms with van der Waals surface area (Å²) in [6.45, 7) is -1.79. The van der Waals surface area contributed by atoms with E-state index in [9.17, 15) is 32.3 Å². The van der Waals surface area contributed by atoms with Gasteiger partial charge in [0.1, 0.15) is 18.1 Å². The van der Waals surface area contributed by atoms with E-state index < -0.39 is 36.3 Å². The van der Waals surface area contributed by atoms with Gasteiger partial charge in [0.25, 0.3) is 0 Å². The zero-order valence-corrected chi connectivity index (χ0v) is 11.2. The lowest BCUT2D eigenvalue weighted by Gasteiger charge is -2.18. The van der Waals surface area contributed by atoms with Crippen LogP contribution in [0.25, 0.3) is 0 Å². The average Bonchev–Trinajstić information content (AvgIpc) is 2.73. The summed E-state index contributed by atoms with van der Waals surface area (Å²) in [5, 5.41) is 11.7. The highest BCUT2D eigenvalue weighted by Gasteiger charge is 2.40. The number of hydrogen-bond acceptors (Lipinski definition) is 3. The molecule has 1 fully saturated rings. The van der Waals surface area contributed by atoms with Crippen LogP contribution >= 0.6 is 0 Å². The van der Waals surface area contributed by atoms with E-state index in [4.69, 9.17) is 0 Å². The lowest BCUT2D eigenvalue weighted by atomic mass is 10.1. The van der Waals surface area contributed by atoms with Crippen LogP contribution in [0.3, 0.4) is 0 Å². The van der Waals surface area contributed by atoms with Gasteiger partial charge in [-0.2, -0.15) is 13.2 Å². The number of alkyl halides is 3. The van der Waals surface area contributed by atoms with Gasteiger partial charge >= 0.3 is 6.18 Å². The van der Waals surface area contributed by atoms with Crippen LogP contribution in [0.2, 0.25) is 0 Å². The standard InChI is InChI=1S/C13H12F4N2O3/c14-8-1-2-10(20)9(4-8)18-12(22)7-3-11(21)19(5-7)6-13(15,16)17/h1-2,4,7,20H,3,5-6H2,(H,18,22). The second-order valence-electron chi connectivity index (χ2n) is 4.94. The van der Waals surface area contributed by atoms with Gasteiger partial charge in [-0.05, 0) is 12.1 Å². The Balaban J connectivity index is 2.02. The number of likely N-dealkylation sites (tertiary alicyclic amines) is 1. The summed E-state index contributed by atoms with van der Waals surface area (Å²) in [7, 11) is 0. The molecule has 1 aromatic rings. The van der Waals surface area contributed by atoms with Gasteiger partial charge in [0.15, 0.2) is 0 Å². The molecule has 0 aromatic heterocycles. The highest BCUT2D eigenvalue weighted by atomic mass is 19.4. The number of hydrogen-bond donors (Lipinski definition) is 2. The number of carbonyl (C=O) groups is 2. The number of carbonyl (C=O) groups excluding carboxylic acids is 2. The smallest absolute Gasteiger partial charge is 0.406 e. The number of phenolic OH excluding ortho intramolecular Hbond substituents is 1. The monoisotopic (exact) mass is 320 g/mol.